The molecule has 0 aliphatic rings. The normalized spacial score (nSPS) is 12.0. The van der Waals surface area contributed by atoms with Crippen LogP contribution in [-0.4, -0.2) is 30.0 Å². The molecule has 0 aliphatic heterocycles. The monoisotopic (exact) mass is 522 g/mol. The average Bonchev–Trinajstić information content (AvgIpc) is 2.97. The van der Waals surface area contributed by atoms with E-state index in [9.17, 15) is 9.90 Å². The minimum atomic E-state index is -0.170. The van der Waals surface area contributed by atoms with Crippen molar-refractivity contribution in [3.63, 3.8) is 0 Å². The lowest BCUT2D eigenvalue weighted by molar-refractivity contribution is -0.110. The maximum Gasteiger partial charge on any atom is 0.207 e. The van der Waals surface area contributed by atoms with Crippen molar-refractivity contribution >= 4 is 12.2 Å². The van der Waals surface area contributed by atoms with Gasteiger partial charge in [-0.05, 0) is 53.6 Å². The minimum Gasteiger partial charge on any atom is -0.396 e. The Balaban J connectivity index is 0.000000239. The molecule has 0 fully saturated rings. The number of hydrogen-bond acceptors (Lipinski definition) is 4. The van der Waals surface area contributed by atoms with Crippen molar-refractivity contribution in [3.05, 3.63) is 131 Å². The van der Waals surface area contributed by atoms with Gasteiger partial charge in [-0.3, -0.25) is 10.2 Å². The van der Waals surface area contributed by atoms with Gasteiger partial charge in [0.1, 0.15) is 5.84 Å². The molecular weight excluding hydrogens is 484 g/mol. The van der Waals surface area contributed by atoms with E-state index in [-0.39, 0.29) is 24.4 Å². The van der Waals surface area contributed by atoms with E-state index in [1.54, 1.807) is 6.07 Å². The fraction of sp³-hybridized carbons (Fsp3) is 0.212. The van der Waals surface area contributed by atoms with Gasteiger partial charge in [0.05, 0.1) is 0 Å². The number of carbonyl (C=O) groups excluding carboxylic acids is 1. The fourth-order valence-electron chi connectivity index (χ4n) is 4.40. The number of nitrogen functional groups attached to an aromatic ring is 1. The first kappa shape index (κ1) is 29.3. The number of carbonyl (C=O) groups is 1. The summed E-state index contributed by atoms with van der Waals surface area (Å²) in [6.45, 7) is 2.66. The van der Waals surface area contributed by atoms with E-state index in [4.69, 9.17) is 16.9 Å². The molecule has 2 atom stereocenters. The second-order valence-electron chi connectivity index (χ2n) is 9.61. The van der Waals surface area contributed by atoms with Gasteiger partial charge in [0.25, 0.3) is 0 Å². The third-order valence-electron chi connectivity index (χ3n) is 6.69. The molecule has 39 heavy (non-hydrogen) atoms. The maximum atomic E-state index is 11.0. The van der Waals surface area contributed by atoms with Gasteiger partial charge in [0.2, 0.25) is 6.41 Å². The molecule has 2 unspecified atom stereocenters. The smallest absolute Gasteiger partial charge is 0.207 e. The van der Waals surface area contributed by atoms with Crippen molar-refractivity contribution in [2.45, 2.75) is 32.4 Å². The third-order valence-corrected chi connectivity index (χ3v) is 6.69. The highest BCUT2D eigenvalue weighted by Crippen LogP contribution is 2.20. The molecule has 6 nitrogen and oxygen atoms in total. The van der Waals surface area contributed by atoms with Gasteiger partial charge in [-0.2, -0.15) is 0 Å². The number of amidine groups is 1. The summed E-state index contributed by atoms with van der Waals surface area (Å²) in [6.07, 6.45) is 1.93. The van der Waals surface area contributed by atoms with Crippen molar-refractivity contribution < 1.29 is 9.90 Å². The standard InChI is InChI=1S/C19H23N3O2.C14H15N/c20-19(21)16-8-4-7-15(9-16)10-17(12-23)18(22-13-24)11-14-5-2-1-3-6-14;1-11-2-6-13(7-3-11)14-8-4-12(10-15)5-9-14/h1-9,13,17-18,23H,10-12H2,(H3,20,21)(H,22,24);2-9H,10,15H2,1H3. The van der Waals surface area contributed by atoms with Crippen molar-refractivity contribution in [1.82, 2.24) is 5.32 Å². The number of aliphatic hydroxyl groups excluding tert-OH is 1. The second kappa shape index (κ2) is 15.2. The number of hydrogen-bond donors (Lipinski definition) is 5. The Morgan fingerprint density at radius 3 is 2.03 bits per heavy atom. The summed E-state index contributed by atoms with van der Waals surface area (Å²) >= 11 is 0. The van der Waals surface area contributed by atoms with Gasteiger partial charge in [0.15, 0.2) is 0 Å². The Kier molecular flexibility index (Phi) is 11.4. The number of benzene rings is 4. The summed E-state index contributed by atoms with van der Waals surface area (Å²) in [7, 11) is 0. The number of rotatable bonds is 11. The molecule has 202 valence electrons. The maximum absolute atomic E-state index is 11.0. The molecule has 4 rings (SSSR count). The van der Waals surface area contributed by atoms with E-state index >= 15 is 0 Å². The number of aryl methyl sites for hydroxylation is 1. The number of nitrogens with one attached hydrogen (secondary N) is 2. The van der Waals surface area contributed by atoms with Crippen molar-refractivity contribution in [3.8, 4) is 11.1 Å². The molecular formula is C33H38N4O2. The van der Waals surface area contributed by atoms with E-state index in [1.165, 1.54) is 22.3 Å². The Morgan fingerprint density at radius 1 is 0.846 bits per heavy atom. The first-order valence-corrected chi connectivity index (χ1v) is 13.1. The molecule has 1 amide bonds. The highest BCUT2D eigenvalue weighted by atomic mass is 16.3. The van der Waals surface area contributed by atoms with E-state index in [1.807, 2.05) is 48.5 Å². The molecule has 6 heteroatoms. The van der Waals surface area contributed by atoms with Gasteiger partial charge >= 0.3 is 0 Å². The summed E-state index contributed by atoms with van der Waals surface area (Å²) in [6, 6.07) is 34.1. The zero-order chi connectivity index (χ0) is 28.0. The molecule has 4 aromatic rings. The highest BCUT2D eigenvalue weighted by molar-refractivity contribution is 5.95. The number of amides is 1. The lowest BCUT2D eigenvalue weighted by Crippen LogP contribution is -2.40. The van der Waals surface area contributed by atoms with Gasteiger partial charge in [0, 0.05) is 30.7 Å². The number of nitrogens with two attached hydrogens (primary N) is 2. The van der Waals surface area contributed by atoms with Crippen molar-refractivity contribution in [1.29, 1.82) is 5.41 Å². The summed E-state index contributed by atoms with van der Waals surface area (Å²) in [5.74, 6) is -0.109. The largest absolute Gasteiger partial charge is 0.396 e. The van der Waals surface area contributed by atoms with Crippen LogP contribution < -0.4 is 16.8 Å². The first-order chi connectivity index (χ1) is 18.9. The lowest BCUT2D eigenvalue weighted by Gasteiger charge is -2.25. The molecule has 0 radical (unpaired) electrons. The second-order valence-corrected chi connectivity index (χ2v) is 9.61. The highest BCUT2D eigenvalue weighted by Gasteiger charge is 2.21. The summed E-state index contributed by atoms with van der Waals surface area (Å²) < 4.78 is 0. The molecule has 4 aromatic carbocycles. The molecule has 0 aliphatic carbocycles. The van der Waals surface area contributed by atoms with Crippen molar-refractivity contribution in [2.24, 2.45) is 17.4 Å². The predicted molar refractivity (Wildman–Crippen MR) is 159 cm³/mol. The van der Waals surface area contributed by atoms with Crippen LogP contribution in [0, 0.1) is 18.3 Å². The first-order valence-electron chi connectivity index (χ1n) is 13.1. The predicted octanol–water partition coefficient (Wildman–Crippen LogP) is 4.60. The SMILES string of the molecule is Cc1ccc(-c2ccc(CN)cc2)cc1.N=C(N)c1cccc(CC(CO)C(Cc2ccccc2)NC=O)c1. The summed E-state index contributed by atoms with van der Waals surface area (Å²) in [5, 5.41) is 20.2. The third kappa shape index (κ3) is 9.21. The topological polar surface area (TPSA) is 125 Å². The van der Waals surface area contributed by atoms with Gasteiger partial charge in [-0.25, -0.2) is 0 Å². The molecule has 0 saturated heterocycles. The van der Waals surface area contributed by atoms with Crippen LogP contribution >= 0.6 is 0 Å². The van der Waals surface area contributed by atoms with E-state index in [0.717, 1.165) is 11.1 Å². The van der Waals surface area contributed by atoms with Crippen LogP contribution in [0.5, 0.6) is 0 Å². The van der Waals surface area contributed by atoms with E-state index in [0.29, 0.717) is 31.4 Å². The molecule has 0 aromatic heterocycles. The van der Waals surface area contributed by atoms with Crippen molar-refractivity contribution in [2.75, 3.05) is 6.61 Å². The Bertz CT molecular complexity index is 1310. The Labute approximate surface area is 231 Å². The van der Waals surface area contributed by atoms with Gasteiger partial charge in [-0.1, -0.05) is 103 Å². The van der Waals surface area contributed by atoms with E-state index in [2.05, 4.69) is 60.8 Å². The van der Waals surface area contributed by atoms with E-state index < -0.39 is 0 Å². The molecule has 0 saturated carbocycles. The fourth-order valence-corrected chi connectivity index (χ4v) is 4.40. The van der Waals surface area contributed by atoms with Crippen LogP contribution in [0.2, 0.25) is 0 Å². The summed E-state index contributed by atoms with van der Waals surface area (Å²) in [5.41, 5.74) is 18.8. The zero-order valence-corrected chi connectivity index (χ0v) is 22.4. The summed E-state index contributed by atoms with van der Waals surface area (Å²) in [4.78, 5) is 11.0. The van der Waals surface area contributed by atoms with Crippen LogP contribution in [-0.2, 0) is 24.2 Å². The molecule has 7 N–H and O–H groups in total. The lowest BCUT2D eigenvalue weighted by atomic mass is 9.88. The zero-order valence-electron chi connectivity index (χ0n) is 22.4. The van der Waals surface area contributed by atoms with Crippen LogP contribution in [0.4, 0.5) is 0 Å². The van der Waals surface area contributed by atoms with Crippen LogP contribution in [0.3, 0.4) is 0 Å². The van der Waals surface area contributed by atoms with Crippen LogP contribution in [0.15, 0.2) is 103 Å². The molecule has 0 heterocycles. The average molecular weight is 523 g/mol. The molecule has 0 bridgehead atoms. The Hall–Kier alpha value is -4.26. The van der Waals surface area contributed by atoms with Crippen LogP contribution in [0.25, 0.3) is 11.1 Å². The number of aliphatic hydroxyl groups is 1. The van der Waals surface area contributed by atoms with Crippen LogP contribution in [0.1, 0.15) is 27.8 Å². The van der Waals surface area contributed by atoms with Gasteiger partial charge < -0.3 is 21.9 Å². The Morgan fingerprint density at radius 2 is 1.46 bits per heavy atom. The quantitative estimate of drug-likeness (QED) is 0.112. The molecule has 0 spiro atoms. The minimum absolute atomic E-state index is 0.0178. The van der Waals surface area contributed by atoms with Gasteiger partial charge in [-0.15, -0.1) is 0 Å².